The van der Waals surface area contributed by atoms with Gasteiger partial charge >= 0.3 is 0 Å². The van der Waals surface area contributed by atoms with E-state index in [1.165, 1.54) is 0 Å². The lowest BCUT2D eigenvalue weighted by Gasteiger charge is -2.11. The Balaban J connectivity index is 1.60. The highest BCUT2D eigenvalue weighted by Gasteiger charge is 2.15. The molecule has 0 spiro atoms. The van der Waals surface area contributed by atoms with E-state index < -0.39 is 0 Å². The van der Waals surface area contributed by atoms with Gasteiger partial charge in [-0.25, -0.2) is 0 Å². The zero-order valence-corrected chi connectivity index (χ0v) is 11.9. The minimum absolute atomic E-state index is 0.00834. The van der Waals surface area contributed by atoms with E-state index in [0.29, 0.717) is 19.6 Å². The van der Waals surface area contributed by atoms with E-state index in [1.807, 2.05) is 24.3 Å². The molecule has 1 unspecified atom stereocenters. The molecular formula is C15H22N2O3. The monoisotopic (exact) mass is 278 g/mol. The number of hydrogen-bond donors (Lipinski definition) is 2. The van der Waals surface area contributed by atoms with Gasteiger partial charge in [0.05, 0.1) is 19.8 Å². The fourth-order valence-electron chi connectivity index (χ4n) is 2.16. The average Bonchev–Trinajstić information content (AvgIpc) is 2.99. The van der Waals surface area contributed by atoms with Gasteiger partial charge in [0.25, 0.3) is 0 Å². The molecule has 2 rings (SSSR count). The van der Waals surface area contributed by atoms with Crippen molar-refractivity contribution in [3.63, 3.8) is 0 Å². The van der Waals surface area contributed by atoms with Crippen molar-refractivity contribution in [1.82, 2.24) is 10.6 Å². The van der Waals surface area contributed by atoms with Crippen LogP contribution in [0.3, 0.4) is 0 Å². The smallest absolute Gasteiger partial charge is 0.234 e. The first kappa shape index (κ1) is 14.8. The molecule has 2 N–H and O–H groups in total. The van der Waals surface area contributed by atoms with Crippen LogP contribution in [-0.4, -0.2) is 38.8 Å². The second-order valence-corrected chi connectivity index (χ2v) is 4.89. The zero-order chi connectivity index (χ0) is 14.2. The number of rotatable bonds is 7. The minimum Gasteiger partial charge on any atom is -0.497 e. The third-order valence-electron chi connectivity index (χ3n) is 3.32. The maximum absolute atomic E-state index is 11.6. The first-order valence-corrected chi connectivity index (χ1v) is 7.00. The molecule has 20 heavy (non-hydrogen) atoms. The van der Waals surface area contributed by atoms with Crippen LogP contribution < -0.4 is 15.4 Å². The van der Waals surface area contributed by atoms with Crippen molar-refractivity contribution in [3.05, 3.63) is 29.8 Å². The highest BCUT2D eigenvalue weighted by molar-refractivity contribution is 5.77. The van der Waals surface area contributed by atoms with Crippen LogP contribution in [0.15, 0.2) is 24.3 Å². The fourth-order valence-corrected chi connectivity index (χ4v) is 2.16. The quantitative estimate of drug-likeness (QED) is 0.783. The molecule has 0 aliphatic carbocycles. The molecule has 1 aromatic carbocycles. The van der Waals surface area contributed by atoms with Crippen LogP contribution in [-0.2, 0) is 16.1 Å². The molecule has 0 bridgehead atoms. The predicted molar refractivity (Wildman–Crippen MR) is 76.7 cm³/mol. The number of carbonyl (C=O) groups excluding carboxylic acids is 1. The molecule has 1 heterocycles. The van der Waals surface area contributed by atoms with Crippen molar-refractivity contribution in [3.8, 4) is 5.75 Å². The van der Waals surface area contributed by atoms with Crippen molar-refractivity contribution in [2.75, 3.05) is 26.8 Å². The van der Waals surface area contributed by atoms with Gasteiger partial charge in [0, 0.05) is 19.7 Å². The highest BCUT2D eigenvalue weighted by atomic mass is 16.5. The van der Waals surface area contributed by atoms with E-state index in [0.717, 1.165) is 30.8 Å². The Morgan fingerprint density at radius 2 is 2.20 bits per heavy atom. The van der Waals surface area contributed by atoms with E-state index in [1.54, 1.807) is 7.11 Å². The van der Waals surface area contributed by atoms with Crippen LogP contribution in [0.5, 0.6) is 5.75 Å². The topological polar surface area (TPSA) is 59.6 Å². The summed E-state index contributed by atoms with van der Waals surface area (Å²) in [6.45, 7) is 2.41. The summed E-state index contributed by atoms with van der Waals surface area (Å²) in [7, 11) is 1.64. The van der Waals surface area contributed by atoms with Gasteiger partial charge in [0.1, 0.15) is 5.75 Å². The van der Waals surface area contributed by atoms with E-state index >= 15 is 0 Å². The molecule has 110 valence electrons. The number of benzene rings is 1. The van der Waals surface area contributed by atoms with Gasteiger partial charge in [0.2, 0.25) is 5.91 Å². The molecule has 1 saturated heterocycles. The van der Waals surface area contributed by atoms with E-state index in [4.69, 9.17) is 9.47 Å². The summed E-state index contributed by atoms with van der Waals surface area (Å²) in [5.74, 6) is 0.845. The molecule has 1 aromatic rings. The summed E-state index contributed by atoms with van der Waals surface area (Å²) in [5.41, 5.74) is 1.12. The largest absolute Gasteiger partial charge is 0.497 e. The van der Waals surface area contributed by atoms with Crippen LogP contribution in [0.2, 0.25) is 0 Å². The summed E-state index contributed by atoms with van der Waals surface area (Å²) in [5, 5.41) is 6.00. The van der Waals surface area contributed by atoms with Crippen LogP contribution in [0.25, 0.3) is 0 Å². The molecule has 0 aromatic heterocycles. The average molecular weight is 278 g/mol. The Morgan fingerprint density at radius 1 is 1.40 bits per heavy atom. The van der Waals surface area contributed by atoms with Gasteiger partial charge in [-0.1, -0.05) is 12.1 Å². The van der Waals surface area contributed by atoms with E-state index in [9.17, 15) is 4.79 Å². The molecule has 1 fully saturated rings. The third kappa shape index (κ3) is 4.83. The number of nitrogens with one attached hydrogen (secondary N) is 2. The van der Waals surface area contributed by atoms with Crippen molar-refractivity contribution in [1.29, 1.82) is 0 Å². The van der Waals surface area contributed by atoms with Gasteiger partial charge in [-0.2, -0.15) is 0 Å². The Kier molecular flexibility index (Phi) is 5.83. The number of ether oxygens (including phenoxy) is 2. The molecule has 0 radical (unpaired) electrons. The molecule has 1 amide bonds. The number of amides is 1. The van der Waals surface area contributed by atoms with Crippen LogP contribution in [0.1, 0.15) is 18.4 Å². The van der Waals surface area contributed by atoms with Gasteiger partial charge in [-0.3, -0.25) is 4.79 Å². The van der Waals surface area contributed by atoms with Crippen LogP contribution in [0, 0.1) is 0 Å². The van der Waals surface area contributed by atoms with E-state index in [2.05, 4.69) is 10.6 Å². The van der Waals surface area contributed by atoms with Crippen LogP contribution in [0.4, 0.5) is 0 Å². The third-order valence-corrected chi connectivity index (χ3v) is 3.32. The van der Waals surface area contributed by atoms with Crippen molar-refractivity contribution >= 4 is 5.91 Å². The number of carbonyl (C=O) groups is 1. The van der Waals surface area contributed by atoms with E-state index in [-0.39, 0.29) is 12.0 Å². The lowest BCUT2D eigenvalue weighted by Crippen LogP contribution is -2.37. The lowest BCUT2D eigenvalue weighted by molar-refractivity contribution is -0.120. The van der Waals surface area contributed by atoms with Crippen molar-refractivity contribution < 1.29 is 14.3 Å². The molecule has 1 atom stereocenters. The molecule has 5 nitrogen and oxygen atoms in total. The SMILES string of the molecule is COc1ccc(CNCC(=O)NCC2CCCO2)cc1. The molecule has 5 heteroatoms. The normalized spacial score (nSPS) is 17.9. The molecule has 1 aliphatic rings. The van der Waals surface area contributed by atoms with Gasteiger partial charge < -0.3 is 20.1 Å². The zero-order valence-electron chi connectivity index (χ0n) is 11.9. The summed E-state index contributed by atoms with van der Waals surface area (Å²) >= 11 is 0. The Hall–Kier alpha value is -1.59. The first-order chi connectivity index (χ1) is 9.78. The van der Waals surface area contributed by atoms with Gasteiger partial charge in [-0.05, 0) is 30.5 Å². The van der Waals surface area contributed by atoms with Gasteiger partial charge in [-0.15, -0.1) is 0 Å². The predicted octanol–water partition coefficient (Wildman–Crippen LogP) is 1.08. The molecular weight excluding hydrogens is 256 g/mol. The summed E-state index contributed by atoms with van der Waals surface area (Å²) in [4.78, 5) is 11.6. The van der Waals surface area contributed by atoms with Crippen LogP contribution >= 0.6 is 0 Å². The Bertz CT molecular complexity index is 414. The first-order valence-electron chi connectivity index (χ1n) is 7.00. The minimum atomic E-state index is 0.00834. The lowest BCUT2D eigenvalue weighted by atomic mass is 10.2. The maximum atomic E-state index is 11.6. The second kappa shape index (κ2) is 7.87. The molecule has 0 saturated carbocycles. The number of hydrogen-bond acceptors (Lipinski definition) is 4. The highest BCUT2D eigenvalue weighted by Crippen LogP contribution is 2.11. The Labute approximate surface area is 119 Å². The molecule has 1 aliphatic heterocycles. The number of methoxy groups -OCH3 is 1. The summed E-state index contributed by atoms with van der Waals surface area (Å²) in [6.07, 6.45) is 2.33. The maximum Gasteiger partial charge on any atom is 0.234 e. The summed E-state index contributed by atoms with van der Waals surface area (Å²) in [6, 6.07) is 7.79. The standard InChI is InChI=1S/C15H22N2O3/c1-19-13-6-4-12(5-7-13)9-16-11-15(18)17-10-14-3-2-8-20-14/h4-7,14,16H,2-3,8-11H2,1H3,(H,17,18). The Morgan fingerprint density at radius 3 is 2.85 bits per heavy atom. The second-order valence-electron chi connectivity index (χ2n) is 4.89. The fraction of sp³-hybridized carbons (Fsp3) is 0.533. The van der Waals surface area contributed by atoms with Gasteiger partial charge in [0.15, 0.2) is 0 Å². The van der Waals surface area contributed by atoms with Crippen molar-refractivity contribution in [2.45, 2.75) is 25.5 Å². The van der Waals surface area contributed by atoms with Crippen molar-refractivity contribution in [2.24, 2.45) is 0 Å². The summed E-state index contributed by atoms with van der Waals surface area (Å²) < 4.78 is 10.5.